The number of nitrogens with zero attached hydrogens (tertiary/aromatic N) is 2. The predicted octanol–water partition coefficient (Wildman–Crippen LogP) is 2.75. The molecule has 0 spiro atoms. The molecule has 8 heteroatoms. The third-order valence-electron chi connectivity index (χ3n) is 2.71. The average molecular weight is 306 g/mol. The Balaban J connectivity index is 2.96. The fourth-order valence-electron chi connectivity index (χ4n) is 1.39. The molecule has 0 aliphatic rings. The first-order valence-corrected chi connectivity index (χ1v) is 6.73. The summed E-state index contributed by atoms with van der Waals surface area (Å²) >= 11 is 0. The van der Waals surface area contributed by atoms with E-state index in [4.69, 9.17) is 5.11 Å². The van der Waals surface area contributed by atoms with Crippen LogP contribution >= 0.6 is 0 Å². The van der Waals surface area contributed by atoms with Crippen molar-refractivity contribution in [2.45, 2.75) is 33.4 Å². The molecule has 0 bridgehead atoms. The molecule has 0 unspecified atom stereocenters. The van der Waals surface area contributed by atoms with Crippen molar-refractivity contribution in [1.82, 2.24) is 9.97 Å². The van der Waals surface area contributed by atoms with Crippen LogP contribution < -0.4 is 10.6 Å². The molecule has 1 aromatic heterocycles. The van der Waals surface area contributed by atoms with Crippen LogP contribution in [0.5, 0.6) is 0 Å². The molecule has 0 aromatic carbocycles. The van der Waals surface area contributed by atoms with Gasteiger partial charge in [0.1, 0.15) is 11.6 Å². The van der Waals surface area contributed by atoms with Crippen molar-refractivity contribution in [3.8, 4) is 0 Å². The molecule has 1 rings (SSSR count). The molecular weight excluding hydrogens is 285 g/mol. The lowest BCUT2D eigenvalue weighted by Gasteiger charge is -2.22. The SMILES string of the molecule is CCCNc1cc(NCC(C)(C)CO)nc(C(F)(F)F)n1. The first kappa shape index (κ1) is 17.5. The van der Waals surface area contributed by atoms with Crippen molar-refractivity contribution in [1.29, 1.82) is 0 Å². The number of aliphatic hydroxyl groups is 1. The summed E-state index contributed by atoms with van der Waals surface area (Å²) in [4.78, 5) is 6.95. The summed E-state index contributed by atoms with van der Waals surface area (Å²) in [5.41, 5.74) is -0.458. The Morgan fingerprint density at radius 1 is 1.14 bits per heavy atom. The molecule has 0 aliphatic heterocycles. The Morgan fingerprint density at radius 3 is 2.19 bits per heavy atom. The van der Waals surface area contributed by atoms with E-state index >= 15 is 0 Å². The van der Waals surface area contributed by atoms with Gasteiger partial charge in [-0.1, -0.05) is 20.8 Å². The predicted molar refractivity (Wildman–Crippen MR) is 75.2 cm³/mol. The number of hydrogen-bond acceptors (Lipinski definition) is 5. The quantitative estimate of drug-likeness (QED) is 0.722. The van der Waals surface area contributed by atoms with Crippen LogP contribution in [0.1, 0.15) is 33.0 Å². The average Bonchev–Trinajstić information content (AvgIpc) is 2.42. The standard InChI is InChI=1S/C13H21F3N4O/c1-4-5-17-9-6-10(18-7-12(2,3)8-21)20-11(19-9)13(14,15)16/h6,21H,4-5,7-8H2,1-3H3,(H2,17,18,19,20). The number of aromatic nitrogens is 2. The van der Waals surface area contributed by atoms with Crippen LogP contribution in [0.2, 0.25) is 0 Å². The van der Waals surface area contributed by atoms with Crippen LogP contribution in [0, 0.1) is 5.41 Å². The molecule has 0 fully saturated rings. The summed E-state index contributed by atoms with van der Waals surface area (Å²) in [7, 11) is 0. The number of aliphatic hydroxyl groups excluding tert-OH is 1. The highest BCUT2D eigenvalue weighted by Gasteiger charge is 2.35. The van der Waals surface area contributed by atoms with E-state index in [-0.39, 0.29) is 18.2 Å². The van der Waals surface area contributed by atoms with Crippen molar-refractivity contribution < 1.29 is 18.3 Å². The molecule has 120 valence electrons. The van der Waals surface area contributed by atoms with Crippen LogP contribution in [-0.2, 0) is 6.18 Å². The normalized spacial score (nSPS) is 12.3. The van der Waals surface area contributed by atoms with Crippen LogP contribution in [0.3, 0.4) is 0 Å². The number of nitrogens with one attached hydrogen (secondary N) is 2. The van der Waals surface area contributed by atoms with E-state index in [1.807, 2.05) is 6.92 Å². The molecule has 0 aliphatic carbocycles. The zero-order valence-electron chi connectivity index (χ0n) is 12.4. The highest BCUT2D eigenvalue weighted by Crippen LogP contribution is 2.28. The first-order chi connectivity index (χ1) is 9.68. The Kier molecular flexibility index (Phi) is 5.77. The topological polar surface area (TPSA) is 70.1 Å². The molecular formula is C13H21F3N4O. The van der Waals surface area contributed by atoms with Crippen LogP contribution in [0.4, 0.5) is 24.8 Å². The minimum absolute atomic E-state index is 0.0810. The minimum atomic E-state index is -4.60. The maximum absolute atomic E-state index is 12.8. The molecule has 3 N–H and O–H groups in total. The molecule has 0 atom stereocenters. The monoisotopic (exact) mass is 306 g/mol. The zero-order chi connectivity index (χ0) is 16.1. The number of alkyl halides is 3. The van der Waals surface area contributed by atoms with Crippen LogP contribution in [-0.4, -0.2) is 34.8 Å². The van der Waals surface area contributed by atoms with Crippen LogP contribution in [0.25, 0.3) is 0 Å². The lowest BCUT2D eigenvalue weighted by Crippen LogP contribution is -2.27. The molecule has 0 amide bonds. The van der Waals surface area contributed by atoms with Crippen molar-refractivity contribution in [2.75, 3.05) is 30.3 Å². The Morgan fingerprint density at radius 2 is 1.71 bits per heavy atom. The van der Waals surface area contributed by atoms with E-state index < -0.39 is 17.4 Å². The van der Waals surface area contributed by atoms with Gasteiger partial charge in [0, 0.05) is 31.2 Å². The van der Waals surface area contributed by atoms with E-state index in [0.717, 1.165) is 6.42 Å². The summed E-state index contributed by atoms with van der Waals surface area (Å²) in [5.74, 6) is -0.978. The third-order valence-corrected chi connectivity index (χ3v) is 2.71. The summed E-state index contributed by atoms with van der Waals surface area (Å²) < 4.78 is 38.4. The van der Waals surface area contributed by atoms with E-state index in [2.05, 4.69) is 20.6 Å². The van der Waals surface area contributed by atoms with Gasteiger partial charge >= 0.3 is 6.18 Å². The molecule has 5 nitrogen and oxygen atoms in total. The lowest BCUT2D eigenvalue weighted by molar-refractivity contribution is -0.144. The maximum atomic E-state index is 12.8. The highest BCUT2D eigenvalue weighted by molar-refractivity contribution is 5.48. The van der Waals surface area contributed by atoms with Gasteiger partial charge in [0.15, 0.2) is 0 Å². The molecule has 0 radical (unpaired) electrons. The van der Waals surface area contributed by atoms with E-state index in [1.54, 1.807) is 13.8 Å². The molecule has 1 aromatic rings. The highest BCUT2D eigenvalue weighted by atomic mass is 19.4. The lowest BCUT2D eigenvalue weighted by atomic mass is 9.95. The second-order valence-corrected chi connectivity index (χ2v) is 5.56. The van der Waals surface area contributed by atoms with E-state index in [1.165, 1.54) is 6.07 Å². The van der Waals surface area contributed by atoms with E-state index in [0.29, 0.717) is 13.1 Å². The van der Waals surface area contributed by atoms with Gasteiger partial charge in [0.25, 0.3) is 0 Å². The summed E-state index contributed by atoms with van der Waals surface area (Å²) in [6, 6.07) is 1.43. The maximum Gasteiger partial charge on any atom is 0.451 e. The fraction of sp³-hybridized carbons (Fsp3) is 0.692. The van der Waals surface area contributed by atoms with Crippen molar-refractivity contribution in [2.24, 2.45) is 5.41 Å². The Bertz CT molecular complexity index is 463. The first-order valence-electron chi connectivity index (χ1n) is 6.73. The van der Waals surface area contributed by atoms with Gasteiger partial charge in [-0.15, -0.1) is 0 Å². The van der Waals surface area contributed by atoms with E-state index in [9.17, 15) is 13.2 Å². The zero-order valence-corrected chi connectivity index (χ0v) is 12.4. The molecule has 0 saturated carbocycles. The number of halogens is 3. The molecule has 1 heterocycles. The Hall–Kier alpha value is -1.57. The Labute approximate surface area is 122 Å². The van der Waals surface area contributed by atoms with Gasteiger partial charge in [-0.05, 0) is 6.42 Å². The van der Waals surface area contributed by atoms with Crippen molar-refractivity contribution in [3.05, 3.63) is 11.9 Å². The smallest absolute Gasteiger partial charge is 0.396 e. The molecule has 0 saturated heterocycles. The van der Waals surface area contributed by atoms with Gasteiger partial charge in [-0.25, -0.2) is 9.97 Å². The van der Waals surface area contributed by atoms with Crippen molar-refractivity contribution >= 4 is 11.6 Å². The van der Waals surface area contributed by atoms with Gasteiger partial charge in [-0.2, -0.15) is 13.2 Å². The second-order valence-electron chi connectivity index (χ2n) is 5.56. The summed E-state index contributed by atoms with van der Waals surface area (Å²) in [6.45, 7) is 6.23. The number of anilines is 2. The number of rotatable bonds is 7. The van der Waals surface area contributed by atoms with Gasteiger partial charge < -0.3 is 15.7 Å². The summed E-state index contributed by atoms with van der Waals surface area (Å²) in [5, 5.41) is 14.8. The second kappa shape index (κ2) is 6.93. The van der Waals surface area contributed by atoms with Crippen molar-refractivity contribution in [3.63, 3.8) is 0 Å². The fourth-order valence-corrected chi connectivity index (χ4v) is 1.39. The summed E-state index contributed by atoms with van der Waals surface area (Å²) in [6.07, 6.45) is -3.83. The van der Waals surface area contributed by atoms with Gasteiger partial charge in [-0.3, -0.25) is 0 Å². The van der Waals surface area contributed by atoms with Crippen LogP contribution in [0.15, 0.2) is 6.07 Å². The third kappa shape index (κ3) is 5.74. The minimum Gasteiger partial charge on any atom is -0.396 e. The van der Waals surface area contributed by atoms with Gasteiger partial charge in [0.05, 0.1) is 0 Å². The molecule has 21 heavy (non-hydrogen) atoms. The largest absolute Gasteiger partial charge is 0.451 e. The number of hydrogen-bond donors (Lipinski definition) is 3. The van der Waals surface area contributed by atoms with Gasteiger partial charge in [0.2, 0.25) is 5.82 Å².